The van der Waals surface area contributed by atoms with Gasteiger partial charge in [0.15, 0.2) is 0 Å². The summed E-state index contributed by atoms with van der Waals surface area (Å²) in [5.41, 5.74) is 0.673. The molecule has 1 aromatic carbocycles. The molecule has 0 saturated heterocycles. The van der Waals surface area contributed by atoms with Gasteiger partial charge in [-0.3, -0.25) is 9.59 Å². The first-order valence-corrected chi connectivity index (χ1v) is 6.26. The molecule has 4 nitrogen and oxygen atoms in total. The highest BCUT2D eigenvalue weighted by Gasteiger charge is 2.48. The van der Waals surface area contributed by atoms with Crippen LogP contribution in [0.2, 0.25) is 5.02 Å². The Morgan fingerprint density at radius 3 is 2.68 bits per heavy atom. The van der Waals surface area contributed by atoms with Crippen LogP contribution in [0, 0.1) is 17.7 Å². The normalized spacial score (nSPS) is 22.7. The number of aliphatic carboxylic acids is 1. The zero-order valence-corrected chi connectivity index (χ0v) is 10.9. The maximum absolute atomic E-state index is 13.0. The van der Waals surface area contributed by atoms with Crippen molar-refractivity contribution in [1.82, 2.24) is 5.32 Å². The highest BCUT2D eigenvalue weighted by Crippen LogP contribution is 2.39. The summed E-state index contributed by atoms with van der Waals surface area (Å²) in [5.74, 6) is -2.80. The Kier molecular flexibility index (Phi) is 3.75. The van der Waals surface area contributed by atoms with E-state index in [1.54, 1.807) is 6.92 Å². The summed E-state index contributed by atoms with van der Waals surface area (Å²) in [5, 5.41) is 11.5. The second-order valence-corrected chi connectivity index (χ2v) is 5.10. The molecule has 1 saturated carbocycles. The molecule has 1 fully saturated rings. The third-order valence-electron chi connectivity index (χ3n) is 3.25. The molecule has 1 aromatic rings. The Morgan fingerprint density at radius 2 is 2.16 bits per heavy atom. The molecule has 3 atom stereocenters. The molecule has 2 rings (SSSR count). The number of carbonyl (C=O) groups excluding carboxylic acids is 1. The zero-order chi connectivity index (χ0) is 14.2. The van der Waals surface area contributed by atoms with Crippen molar-refractivity contribution in [3.63, 3.8) is 0 Å². The van der Waals surface area contributed by atoms with Crippen molar-refractivity contribution >= 4 is 23.5 Å². The Balaban J connectivity index is 1.97. The van der Waals surface area contributed by atoms with E-state index in [-0.39, 0.29) is 17.0 Å². The molecule has 0 unspecified atom stereocenters. The van der Waals surface area contributed by atoms with Crippen LogP contribution >= 0.6 is 11.6 Å². The molecule has 0 aliphatic heterocycles. The summed E-state index contributed by atoms with van der Waals surface area (Å²) < 4.78 is 13.0. The van der Waals surface area contributed by atoms with Gasteiger partial charge >= 0.3 is 5.97 Å². The van der Waals surface area contributed by atoms with Gasteiger partial charge < -0.3 is 10.4 Å². The van der Waals surface area contributed by atoms with E-state index in [1.807, 2.05) is 0 Å². The number of halogens is 2. The second-order valence-electron chi connectivity index (χ2n) is 4.69. The lowest BCUT2D eigenvalue weighted by atomic mass is 10.1. The Labute approximate surface area is 114 Å². The van der Waals surface area contributed by atoms with Crippen molar-refractivity contribution in [2.45, 2.75) is 19.4 Å². The molecule has 0 spiro atoms. The van der Waals surface area contributed by atoms with Crippen molar-refractivity contribution in [3.05, 3.63) is 34.6 Å². The molecule has 19 heavy (non-hydrogen) atoms. The van der Waals surface area contributed by atoms with Gasteiger partial charge in [0.2, 0.25) is 5.91 Å². The second kappa shape index (κ2) is 5.17. The van der Waals surface area contributed by atoms with Crippen LogP contribution < -0.4 is 5.32 Å². The van der Waals surface area contributed by atoms with Crippen molar-refractivity contribution in [2.75, 3.05) is 0 Å². The first-order valence-electron chi connectivity index (χ1n) is 5.88. The summed E-state index contributed by atoms with van der Waals surface area (Å²) in [6.45, 7) is 1.74. The topological polar surface area (TPSA) is 66.4 Å². The van der Waals surface area contributed by atoms with Crippen LogP contribution in [0.1, 0.15) is 24.9 Å². The number of rotatable bonds is 4. The molecule has 0 aromatic heterocycles. The van der Waals surface area contributed by atoms with Gasteiger partial charge in [0.25, 0.3) is 0 Å². The van der Waals surface area contributed by atoms with Gasteiger partial charge in [-0.2, -0.15) is 0 Å². The smallest absolute Gasteiger partial charge is 0.307 e. The molecular weight excluding hydrogens is 273 g/mol. The van der Waals surface area contributed by atoms with E-state index in [0.29, 0.717) is 12.0 Å². The molecule has 1 aliphatic carbocycles. The summed E-state index contributed by atoms with van der Waals surface area (Å²) in [6, 6.07) is 3.87. The van der Waals surface area contributed by atoms with Crippen molar-refractivity contribution in [2.24, 2.45) is 11.8 Å². The van der Waals surface area contributed by atoms with Crippen LogP contribution in [-0.4, -0.2) is 17.0 Å². The Bertz CT molecular complexity index is 535. The summed E-state index contributed by atoms with van der Waals surface area (Å²) >= 11 is 5.67. The lowest BCUT2D eigenvalue weighted by Crippen LogP contribution is -2.29. The van der Waals surface area contributed by atoms with Crippen LogP contribution in [0.3, 0.4) is 0 Å². The van der Waals surface area contributed by atoms with E-state index in [0.717, 1.165) is 0 Å². The average Bonchev–Trinajstić information content (AvgIpc) is 3.12. The predicted octanol–water partition coefficient (Wildman–Crippen LogP) is 2.38. The number of amides is 1. The molecule has 1 amide bonds. The number of benzene rings is 1. The molecule has 0 heterocycles. The van der Waals surface area contributed by atoms with E-state index >= 15 is 0 Å². The van der Waals surface area contributed by atoms with Gasteiger partial charge in [0.1, 0.15) is 5.82 Å². The van der Waals surface area contributed by atoms with Crippen LogP contribution in [0.4, 0.5) is 4.39 Å². The maximum atomic E-state index is 13.0. The summed E-state index contributed by atoms with van der Waals surface area (Å²) in [7, 11) is 0. The quantitative estimate of drug-likeness (QED) is 0.892. The number of carbonyl (C=O) groups is 2. The minimum Gasteiger partial charge on any atom is -0.481 e. The van der Waals surface area contributed by atoms with Crippen LogP contribution in [-0.2, 0) is 9.59 Å². The van der Waals surface area contributed by atoms with E-state index in [4.69, 9.17) is 16.7 Å². The predicted molar refractivity (Wildman–Crippen MR) is 67.2 cm³/mol. The van der Waals surface area contributed by atoms with Crippen LogP contribution in [0.15, 0.2) is 18.2 Å². The lowest BCUT2D eigenvalue weighted by molar-refractivity contribution is -0.140. The van der Waals surface area contributed by atoms with Crippen molar-refractivity contribution in [3.8, 4) is 0 Å². The minimum atomic E-state index is -0.947. The SMILES string of the molecule is C[C@H](NC(=O)[C@H]1C[C@@H]1C(=O)O)c1ccc(F)c(Cl)c1. The van der Waals surface area contributed by atoms with Gasteiger partial charge in [-0.05, 0) is 31.0 Å². The van der Waals surface area contributed by atoms with Gasteiger partial charge in [-0.25, -0.2) is 4.39 Å². The number of nitrogens with one attached hydrogen (secondary N) is 1. The fourth-order valence-corrected chi connectivity index (χ4v) is 2.13. The molecule has 1 aliphatic rings. The first kappa shape index (κ1) is 13.8. The van der Waals surface area contributed by atoms with Gasteiger partial charge in [0, 0.05) is 0 Å². The minimum absolute atomic E-state index is 0.00608. The van der Waals surface area contributed by atoms with E-state index in [2.05, 4.69) is 5.32 Å². The van der Waals surface area contributed by atoms with E-state index in [1.165, 1.54) is 18.2 Å². The van der Waals surface area contributed by atoms with Gasteiger partial charge in [-0.1, -0.05) is 17.7 Å². The van der Waals surface area contributed by atoms with E-state index < -0.39 is 23.6 Å². The largest absolute Gasteiger partial charge is 0.481 e. The molecule has 0 bridgehead atoms. The highest BCUT2D eigenvalue weighted by molar-refractivity contribution is 6.30. The monoisotopic (exact) mass is 285 g/mol. The van der Waals surface area contributed by atoms with E-state index in [9.17, 15) is 14.0 Å². The Hall–Kier alpha value is -1.62. The molecule has 102 valence electrons. The number of carboxylic acids is 1. The number of carboxylic acid groups (broad SMARTS) is 1. The van der Waals surface area contributed by atoms with Crippen LogP contribution in [0.5, 0.6) is 0 Å². The standard InChI is InChI=1S/C13H13ClFNO3/c1-6(7-2-3-11(15)10(14)4-7)16-12(17)8-5-9(8)13(18)19/h2-4,6,8-9H,5H2,1H3,(H,16,17)(H,18,19)/t6-,8-,9-/m0/s1. The van der Waals surface area contributed by atoms with Gasteiger partial charge in [0.05, 0.1) is 22.9 Å². The maximum Gasteiger partial charge on any atom is 0.307 e. The van der Waals surface area contributed by atoms with Crippen molar-refractivity contribution in [1.29, 1.82) is 0 Å². The van der Waals surface area contributed by atoms with Gasteiger partial charge in [-0.15, -0.1) is 0 Å². The third kappa shape index (κ3) is 3.04. The fourth-order valence-electron chi connectivity index (χ4n) is 1.94. The van der Waals surface area contributed by atoms with Crippen molar-refractivity contribution < 1.29 is 19.1 Å². The van der Waals surface area contributed by atoms with Crippen LogP contribution in [0.25, 0.3) is 0 Å². The summed E-state index contributed by atoms with van der Waals surface area (Å²) in [6.07, 6.45) is 0.373. The molecule has 6 heteroatoms. The molecular formula is C13H13ClFNO3. The Morgan fingerprint density at radius 1 is 1.47 bits per heavy atom. The zero-order valence-electron chi connectivity index (χ0n) is 10.2. The average molecular weight is 286 g/mol. The molecule has 0 radical (unpaired) electrons. The fraction of sp³-hybridized carbons (Fsp3) is 0.385. The molecule has 2 N–H and O–H groups in total. The lowest BCUT2D eigenvalue weighted by Gasteiger charge is -2.14. The number of hydrogen-bond donors (Lipinski definition) is 2. The first-order chi connectivity index (χ1) is 8.90. The summed E-state index contributed by atoms with van der Waals surface area (Å²) in [4.78, 5) is 22.4. The third-order valence-corrected chi connectivity index (χ3v) is 3.54. The number of hydrogen-bond acceptors (Lipinski definition) is 2. The highest BCUT2D eigenvalue weighted by atomic mass is 35.5.